The zero-order valence-electron chi connectivity index (χ0n) is 13.7. The van der Waals surface area contributed by atoms with E-state index in [2.05, 4.69) is 31.0 Å². The molecule has 118 valence electrons. The molecule has 1 fully saturated rings. The van der Waals surface area contributed by atoms with Crippen LogP contribution in [0.4, 0.5) is 10.1 Å². The van der Waals surface area contributed by atoms with E-state index in [0.29, 0.717) is 6.54 Å². The van der Waals surface area contributed by atoms with E-state index in [1.165, 1.54) is 0 Å². The largest absolute Gasteiger partial charge is 0.372 e. The first-order chi connectivity index (χ1) is 9.76. The third-order valence-electron chi connectivity index (χ3n) is 3.62. The van der Waals surface area contributed by atoms with E-state index < -0.39 is 0 Å². The molecule has 2 atom stereocenters. The highest BCUT2D eigenvalue weighted by Gasteiger charge is 2.26. The lowest BCUT2D eigenvalue weighted by Crippen LogP contribution is -2.46. The highest BCUT2D eigenvalue weighted by molar-refractivity contribution is 5.55. The fourth-order valence-electron chi connectivity index (χ4n) is 2.78. The molecule has 21 heavy (non-hydrogen) atoms. The summed E-state index contributed by atoms with van der Waals surface area (Å²) in [4.78, 5) is 2.12. The Bertz CT molecular complexity index is 474. The van der Waals surface area contributed by atoms with Gasteiger partial charge in [-0.2, -0.15) is 0 Å². The Morgan fingerprint density at radius 2 is 1.86 bits per heavy atom. The van der Waals surface area contributed by atoms with E-state index >= 15 is 0 Å². The summed E-state index contributed by atoms with van der Waals surface area (Å²) in [5, 5.41) is 3.44. The maximum absolute atomic E-state index is 14.4. The second-order valence-corrected chi connectivity index (χ2v) is 7.01. The monoisotopic (exact) mass is 294 g/mol. The van der Waals surface area contributed by atoms with Crippen molar-refractivity contribution in [1.29, 1.82) is 0 Å². The molecule has 0 bridgehead atoms. The molecular weight excluding hydrogens is 267 g/mol. The molecule has 0 unspecified atom stereocenters. The van der Waals surface area contributed by atoms with Gasteiger partial charge in [0.1, 0.15) is 5.82 Å². The number of benzene rings is 1. The van der Waals surface area contributed by atoms with Crippen LogP contribution in [-0.4, -0.2) is 30.8 Å². The predicted octanol–water partition coefficient (Wildman–Crippen LogP) is 3.33. The SMILES string of the molecule is C[C@@H]1CN(c2c(F)cccc2CNC(C)(C)C)C[C@H](C)O1. The molecule has 0 aromatic heterocycles. The molecule has 4 heteroatoms. The zero-order valence-corrected chi connectivity index (χ0v) is 13.7. The van der Waals surface area contributed by atoms with Gasteiger partial charge in [0.25, 0.3) is 0 Å². The van der Waals surface area contributed by atoms with Crippen LogP contribution in [0.15, 0.2) is 18.2 Å². The Labute approximate surface area is 127 Å². The second kappa shape index (κ2) is 6.32. The van der Waals surface area contributed by atoms with Crippen LogP contribution in [0.3, 0.4) is 0 Å². The van der Waals surface area contributed by atoms with Crippen LogP contribution in [-0.2, 0) is 11.3 Å². The minimum Gasteiger partial charge on any atom is -0.372 e. The normalized spacial score (nSPS) is 23.4. The van der Waals surface area contributed by atoms with E-state index in [4.69, 9.17) is 4.74 Å². The summed E-state index contributed by atoms with van der Waals surface area (Å²) < 4.78 is 20.2. The average molecular weight is 294 g/mol. The van der Waals surface area contributed by atoms with Crippen molar-refractivity contribution in [3.05, 3.63) is 29.6 Å². The maximum Gasteiger partial charge on any atom is 0.146 e. The number of anilines is 1. The van der Waals surface area contributed by atoms with Crippen molar-refractivity contribution >= 4 is 5.69 Å². The number of halogens is 1. The summed E-state index contributed by atoms with van der Waals surface area (Å²) in [6.07, 6.45) is 0.244. The maximum atomic E-state index is 14.4. The number of nitrogens with one attached hydrogen (secondary N) is 1. The van der Waals surface area contributed by atoms with Gasteiger partial charge in [-0.05, 0) is 46.2 Å². The fourth-order valence-corrected chi connectivity index (χ4v) is 2.78. The molecule has 1 aromatic carbocycles. The van der Waals surface area contributed by atoms with E-state index in [1.807, 2.05) is 19.9 Å². The summed E-state index contributed by atoms with van der Waals surface area (Å²) in [6, 6.07) is 5.33. The van der Waals surface area contributed by atoms with Crippen LogP contribution < -0.4 is 10.2 Å². The van der Waals surface area contributed by atoms with Crippen LogP contribution >= 0.6 is 0 Å². The van der Waals surface area contributed by atoms with Crippen molar-refractivity contribution in [1.82, 2.24) is 5.32 Å². The Kier molecular flexibility index (Phi) is 4.89. The smallest absolute Gasteiger partial charge is 0.146 e. The number of hydrogen-bond donors (Lipinski definition) is 1. The highest BCUT2D eigenvalue weighted by atomic mass is 19.1. The van der Waals surface area contributed by atoms with Gasteiger partial charge in [-0.3, -0.25) is 0 Å². The molecule has 0 aliphatic carbocycles. The van der Waals surface area contributed by atoms with Crippen molar-refractivity contribution < 1.29 is 9.13 Å². The minimum atomic E-state index is -0.149. The van der Waals surface area contributed by atoms with E-state index in [9.17, 15) is 4.39 Å². The van der Waals surface area contributed by atoms with Crippen molar-refractivity contribution in [3.63, 3.8) is 0 Å². The quantitative estimate of drug-likeness (QED) is 0.925. The summed E-state index contributed by atoms with van der Waals surface area (Å²) in [5.74, 6) is -0.149. The summed E-state index contributed by atoms with van der Waals surface area (Å²) in [6.45, 7) is 12.5. The lowest BCUT2D eigenvalue weighted by molar-refractivity contribution is -0.00545. The van der Waals surface area contributed by atoms with E-state index in [0.717, 1.165) is 24.3 Å². The van der Waals surface area contributed by atoms with Crippen molar-refractivity contribution in [3.8, 4) is 0 Å². The fraction of sp³-hybridized carbons (Fsp3) is 0.647. The number of nitrogens with zero attached hydrogens (tertiary/aromatic N) is 1. The van der Waals surface area contributed by atoms with Crippen LogP contribution in [0.25, 0.3) is 0 Å². The van der Waals surface area contributed by atoms with Crippen LogP contribution in [0.2, 0.25) is 0 Å². The zero-order chi connectivity index (χ0) is 15.6. The number of ether oxygens (including phenoxy) is 1. The molecule has 1 aromatic rings. The number of para-hydroxylation sites is 1. The number of rotatable bonds is 3. The molecule has 1 aliphatic rings. The summed E-state index contributed by atoms with van der Waals surface area (Å²) in [7, 11) is 0. The first-order valence-corrected chi connectivity index (χ1v) is 7.69. The van der Waals surface area contributed by atoms with Crippen molar-refractivity contribution in [2.75, 3.05) is 18.0 Å². The Balaban J connectivity index is 2.25. The molecule has 1 heterocycles. The molecule has 1 aliphatic heterocycles. The van der Waals surface area contributed by atoms with Crippen LogP contribution in [0.1, 0.15) is 40.2 Å². The Hall–Kier alpha value is -1.13. The standard InChI is InChI=1S/C17H27FN2O/c1-12-10-20(11-13(2)21-12)16-14(7-6-8-15(16)18)9-19-17(3,4)5/h6-8,12-13,19H,9-11H2,1-5H3/t12-,13+. The summed E-state index contributed by atoms with van der Waals surface area (Å²) in [5.41, 5.74) is 1.73. The number of morpholine rings is 1. The molecule has 3 nitrogen and oxygen atoms in total. The lowest BCUT2D eigenvalue weighted by atomic mass is 10.1. The molecule has 2 rings (SSSR count). The van der Waals surface area contributed by atoms with E-state index in [1.54, 1.807) is 12.1 Å². The minimum absolute atomic E-state index is 0.00911. The van der Waals surface area contributed by atoms with Gasteiger partial charge in [-0.15, -0.1) is 0 Å². The van der Waals surface area contributed by atoms with Crippen LogP contribution in [0, 0.1) is 5.82 Å². The number of hydrogen-bond acceptors (Lipinski definition) is 3. The first-order valence-electron chi connectivity index (χ1n) is 7.69. The van der Waals surface area contributed by atoms with Gasteiger partial charge in [0.05, 0.1) is 17.9 Å². The van der Waals surface area contributed by atoms with Gasteiger partial charge in [0.2, 0.25) is 0 Å². The Morgan fingerprint density at radius 1 is 1.24 bits per heavy atom. The van der Waals surface area contributed by atoms with Crippen LogP contribution in [0.5, 0.6) is 0 Å². The molecule has 0 saturated carbocycles. The molecule has 1 N–H and O–H groups in total. The van der Waals surface area contributed by atoms with Gasteiger partial charge < -0.3 is 15.0 Å². The molecule has 0 amide bonds. The third kappa shape index (κ3) is 4.42. The van der Waals surface area contributed by atoms with Gasteiger partial charge in [-0.25, -0.2) is 4.39 Å². The highest BCUT2D eigenvalue weighted by Crippen LogP contribution is 2.28. The second-order valence-electron chi connectivity index (χ2n) is 7.01. The first kappa shape index (κ1) is 16.2. The van der Waals surface area contributed by atoms with Gasteiger partial charge in [-0.1, -0.05) is 12.1 Å². The lowest BCUT2D eigenvalue weighted by Gasteiger charge is -2.38. The van der Waals surface area contributed by atoms with E-state index in [-0.39, 0.29) is 23.6 Å². The topological polar surface area (TPSA) is 24.5 Å². The predicted molar refractivity (Wildman–Crippen MR) is 85.2 cm³/mol. The third-order valence-corrected chi connectivity index (χ3v) is 3.62. The van der Waals surface area contributed by atoms with Gasteiger partial charge in [0, 0.05) is 25.2 Å². The Morgan fingerprint density at radius 3 is 2.43 bits per heavy atom. The molecule has 0 spiro atoms. The molecular formula is C17H27FN2O. The van der Waals surface area contributed by atoms with Gasteiger partial charge >= 0.3 is 0 Å². The molecule has 0 radical (unpaired) electrons. The molecule has 1 saturated heterocycles. The summed E-state index contributed by atoms with van der Waals surface area (Å²) >= 11 is 0. The van der Waals surface area contributed by atoms with Crippen molar-refractivity contribution in [2.24, 2.45) is 0 Å². The van der Waals surface area contributed by atoms with Crippen molar-refractivity contribution in [2.45, 2.75) is 58.9 Å². The average Bonchev–Trinajstić information content (AvgIpc) is 2.34. The van der Waals surface area contributed by atoms with Gasteiger partial charge in [0.15, 0.2) is 0 Å².